The molecule has 5 fully saturated rings. The number of fused-ring (bicyclic) bond motifs is 1. The van der Waals surface area contributed by atoms with Crippen LogP contribution in [0.25, 0.3) is 0 Å². The van der Waals surface area contributed by atoms with Crippen LogP contribution in [0, 0.1) is 29.6 Å². The molecule has 38 heavy (non-hydrogen) atoms. The number of likely N-dealkylation sites (tertiary alicyclic amines) is 1. The molecule has 0 bridgehead atoms. The molecule has 7 unspecified atom stereocenters. The highest BCUT2D eigenvalue weighted by Crippen LogP contribution is 2.39. The van der Waals surface area contributed by atoms with Gasteiger partial charge in [-0.3, -0.25) is 9.59 Å². The van der Waals surface area contributed by atoms with E-state index in [-0.39, 0.29) is 24.2 Å². The van der Waals surface area contributed by atoms with Crippen LogP contribution in [0.1, 0.15) is 96.3 Å². The number of primary amides is 1. The van der Waals surface area contributed by atoms with Crippen LogP contribution in [0.15, 0.2) is 0 Å². The van der Waals surface area contributed by atoms with Crippen molar-refractivity contribution >= 4 is 11.8 Å². The van der Waals surface area contributed by atoms with Gasteiger partial charge in [-0.05, 0) is 75.5 Å². The van der Waals surface area contributed by atoms with Gasteiger partial charge in [-0.25, -0.2) is 0 Å². The molecule has 0 radical (unpaired) electrons. The first-order chi connectivity index (χ1) is 18.4. The van der Waals surface area contributed by atoms with E-state index in [1.54, 1.807) is 0 Å². The minimum absolute atomic E-state index is 0.0165. The van der Waals surface area contributed by atoms with Gasteiger partial charge in [-0.15, -0.1) is 0 Å². The van der Waals surface area contributed by atoms with Crippen molar-refractivity contribution in [1.82, 2.24) is 10.2 Å². The minimum atomic E-state index is -0.860. The lowest BCUT2D eigenvalue weighted by molar-refractivity contribution is -0.162. The molecule has 4 saturated carbocycles. The fourth-order valence-corrected chi connectivity index (χ4v) is 8.42. The van der Waals surface area contributed by atoms with E-state index in [9.17, 15) is 19.8 Å². The standard InChI is InChI=1S/C30H51N3O5/c31-29(36)21-9-11-22(12-10-21)32-25-8-4-7-20-13-14-33(17-24(20)25)30(37)28-26(35)15-23(34)16-27(28)38-18-19-5-2-1-3-6-19/h19-28,32,34-35H,1-18H2,(H2,31,36). The van der Waals surface area contributed by atoms with Gasteiger partial charge in [0.15, 0.2) is 0 Å². The maximum absolute atomic E-state index is 13.9. The number of carbonyl (C=O) groups is 2. The monoisotopic (exact) mass is 533 g/mol. The average molecular weight is 534 g/mol. The molecule has 1 aliphatic heterocycles. The first-order valence-corrected chi connectivity index (χ1v) is 15.7. The van der Waals surface area contributed by atoms with Crippen molar-refractivity contribution in [3.05, 3.63) is 0 Å². The maximum atomic E-state index is 13.9. The largest absolute Gasteiger partial charge is 0.393 e. The van der Waals surface area contributed by atoms with Gasteiger partial charge in [0.25, 0.3) is 0 Å². The summed E-state index contributed by atoms with van der Waals surface area (Å²) < 4.78 is 6.33. The Labute approximate surface area is 228 Å². The number of nitrogens with two attached hydrogens (primary N) is 1. The molecule has 216 valence electrons. The summed E-state index contributed by atoms with van der Waals surface area (Å²) in [5.41, 5.74) is 5.54. The summed E-state index contributed by atoms with van der Waals surface area (Å²) in [4.78, 5) is 27.5. The predicted molar refractivity (Wildman–Crippen MR) is 145 cm³/mol. The van der Waals surface area contributed by atoms with E-state index in [0.29, 0.717) is 42.9 Å². The van der Waals surface area contributed by atoms with Gasteiger partial charge in [0.1, 0.15) is 0 Å². The Kier molecular flexibility index (Phi) is 9.66. The minimum Gasteiger partial charge on any atom is -0.393 e. The molecule has 0 aromatic heterocycles. The zero-order valence-electron chi connectivity index (χ0n) is 23.1. The molecule has 5 N–H and O–H groups in total. The van der Waals surface area contributed by atoms with Gasteiger partial charge in [0.2, 0.25) is 11.8 Å². The Balaban J connectivity index is 1.20. The Bertz CT molecular complexity index is 797. The number of rotatable bonds is 7. The van der Waals surface area contributed by atoms with Gasteiger partial charge in [0.05, 0.1) is 24.2 Å². The molecule has 1 heterocycles. The van der Waals surface area contributed by atoms with Crippen LogP contribution in [0.2, 0.25) is 0 Å². The first-order valence-electron chi connectivity index (χ1n) is 15.7. The van der Waals surface area contributed by atoms with Crippen LogP contribution in [-0.2, 0) is 14.3 Å². The zero-order valence-corrected chi connectivity index (χ0v) is 23.1. The predicted octanol–water partition coefficient (Wildman–Crippen LogP) is 2.73. The summed E-state index contributed by atoms with van der Waals surface area (Å²) in [6.07, 6.45) is 13.2. The van der Waals surface area contributed by atoms with E-state index in [0.717, 1.165) is 51.6 Å². The third-order valence-electron chi connectivity index (χ3n) is 10.7. The Morgan fingerprint density at radius 2 is 1.66 bits per heavy atom. The van der Waals surface area contributed by atoms with E-state index in [2.05, 4.69) is 5.32 Å². The SMILES string of the molecule is NC(=O)C1CCC(NC2CCCC3CCN(C(=O)C4C(O)CC(O)CC4OCC4CCCCC4)CC32)CC1. The number of hydrogen-bond acceptors (Lipinski definition) is 6. The van der Waals surface area contributed by atoms with Crippen LogP contribution in [0.5, 0.6) is 0 Å². The van der Waals surface area contributed by atoms with E-state index in [1.807, 2.05) is 4.90 Å². The number of aliphatic hydroxyl groups excluding tert-OH is 2. The van der Waals surface area contributed by atoms with Gasteiger partial charge in [-0.2, -0.15) is 0 Å². The second-order valence-electron chi connectivity index (χ2n) is 13.2. The number of piperidine rings is 1. The fraction of sp³-hybridized carbons (Fsp3) is 0.933. The third kappa shape index (κ3) is 6.73. The molecule has 0 spiro atoms. The number of amides is 2. The molecule has 5 rings (SSSR count). The maximum Gasteiger partial charge on any atom is 0.230 e. The molecule has 1 saturated heterocycles. The topological polar surface area (TPSA) is 125 Å². The normalized spacial score (nSPS) is 40.9. The molecule has 8 heteroatoms. The van der Waals surface area contributed by atoms with E-state index in [4.69, 9.17) is 10.5 Å². The average Bonchev–Trinajstić information content (AvgIpc) is 2.92. The Morgan fingerprint density at radius 1 is 0.895 bits per heavy atom. The van der Waals surface area contributed by atoms with Crippen molar-refractivity contribution in [2.24, 2.45) is 35.3 Å². The number of nitrogens with one attached hydrogen (secondary N) is 1. The molecular formula is C30H51N3O5. The van der Waals surface area contributed by atoms with Crippen LogP contribution in [0.4, 0.5) is 0 Å². The number of hydrogen-bond donors (Lipinski definition) is 4. The van der Waals surface area contributed by atoms with Crippen LogP contribution < -0.4 is 11.1 Å². The summed E-state index contributed by atoms with van der Waals surface area (Å²) in [5.74, 6) is 0.857. The van der Waals surface area contributed by atoms with Crippen molar-refractivity contribution < 1.29 is 24.5 Å². The molecule has 5 aliphatic rings. The first kappa shape index (κ1) is 28.3. The summed E-state index contributed by atoms with van der Waals surface area (Å²) in [6.45, 7) is 2.11. The third-order valence-corrected chi connectivity index (χ3v) is 10.7. The van der Waals surface area contributed by atoms with Gasteiger partial charge in [-0.1, -0.05) is 25.7 Å². The quantitative estimate of drug-likeness (QED) is 0.399. The molecular weight excluding hydrogens is 482 g/mol. The molecule has 8 nitrogen and oxygen atoms in total. The fourth-order valence-electron chi connectivity index (χ4n) is 8.42. The second kappa shape index (κ2) is 13.0. The molecule has 7 atom stereocenters. The second-order valence-corrected chi connectivity index (χ2v) is 13.2. The van der Waals surface area contributed by atoms with Gasteiger partial charge >= 0.3 is 0 Å². The van der Waals surface area contributed by atoms with Crippen molar-refractivity contribution in [2.75, 3.05) is 19.7 Å². The molecule has 4 aliphatic carbocycles. The Hall–Kier alpha value is -1.22. The van der Waals surface area contributed by atoms with Crippen LogP contribution in [-0.4, -0.2) is 77.0 Å². The highest BCUT2D eigenvalue weighted by atomic mass is 16.5. The lowest BCUT2D eigenvalue weighted by Crippen LogP contribution is -2.58. The van der Waals surface area contributed by atoms with E-state index in [1.165, 1.54) is 44.9 Å². The summed E-state index contributed by atoms with van der Waals surface area (Å²) in [7, 11) is 0. The van der Waals surface area contributed by atoms with Crippen LogP contribution >= 0.6 is 0 Å². The van der Waals surface area contributed by atoms with Crippen LogP contribution in [0.3, 0.4) is 0 Å². The summed E-state index contributed by atoms with van der Waals surface area (Å²) >= 11 is 0. The lowest BCUT2D eigenvalue weighted by Gasteiger charge is -2.48. The number of ether oxygens (including phenoxy) is 1. The van der Waals surface area contributed by atoms with Crippen molar-refractivity contribution in [3.63, 3.8) is 0 Å². The van der Waals surface area contributed by atoms with Crippen molar-refractivity contribution in [3.8, 4) is 0 Å². The van der Waals surface area contributed by atoms with Crippen molar-refractivity contribution in [2.45, 2.75) is 127 Å². The zero-order chi connectivity index (χ0) is 26.6. The van der Waals surface area contributed by atoms with Gasteiger partial charge < -0.3 is 30.9 Å². The van der Waals surface area contributed by atoms with E-state index < -0.39 is 24.2 Å². The van der Waals surface area contributed by atoms with Crippen molar-refractivity contribution in [1.29, 1.82) is 0 Å². The van der Waals surface area contributed by atoms with E-state index >= 15 is 0 Å². The molecule has 2 amide bonds. The number of nitrogens with zero attached hydrogens (tertiary/aromatic N) is 1. The highest BCUT2D eigenvalue weighted by Gasteiger charge is 2.46. The molecule has 0 aromatic carbocycles. The van der Waals surface area contributed by atoms with Gasteiger partial charge in [0, 0.05) is 50.5 Å². The smallest absolute Gasteiger partial charge is 0.230 e. The lowest BCUT2D eigenvalue weighted by atomic mass is 9.71. The summed E-state index contributed by atoms with van der Waals surface area (Å²) in [6, 6.07) is 0.801. The summed E-state index contributed by atoms with van der Waals surface area (Å²) in [5, 5.41) is 25.3. The Morgan fingerprint density at radius 3 is 2.39 bits per heavy atom. The molecule has 0 aromatic rings. The number of carbonyl (C=O) groups excluding carboxylic acids is 2. The number of aliphatic hydroxyl groups is 2. The highest BCUT2D eigenvalue weighted by molar-refractivity contribution is 5.80.